The van der Waals surface area contributed by atoms with Crippen LogP contribution in [-0.4, -0.2) is 12.5 Å². The van der Waals surface area contributed by atoms with Gasteiger partial charge in [0.1, 0.15) is 11.6 Å². The van der Waals surface area contributed by atoms with Crippen LogP contribution in [0.5, 0.6) is 0 Å². The summed E-state index contributed by atoms with van der Waals surface area (Å²) >= 11 is 0. The maximum atomic E-state index is 13.3. The Labute approximate surface area is 105 Å². The lowest BCUT2D eigenvalue weighted by Gasteiger charge is -2.11. The fourth-order valence-corrected chi connectivity index (χ4v) is 1.28. The van der Waals surface area contributed by atoms with E-state index in [2.05, 4.69) is 15.7 Å². The summed E-state index contributed by atoms with van der Waals surface area (Å²) < 4.78 is 26.3. The number of hydrogen-bond donors (Lipinski definition) is 3. The van der Waals surface area contributed by atoms with Gasteiger partial charge in [-0.25, -0.2) is 19.6 Å². The van der Waals surface area contributed by atoms with Gasteiger partial charge in [0.15, 0.2) is 0 Å². The first-order valence-corrected chi connectivity index (χ1v) is 5.71. The van der Waals surface area contributed by atoms with Crippen molar-refractivity contribution in [3.05, 3.63) is 35.4 Å². The third-order valence-electron chi connectivity index (χ3n) is 2.23. The smallest absolute Gasteiger partial charge is 0.206 e. The van der Waals surface area contributed by atoms with Crippen LogP contribution < -0.4 is 16.6 Å². The molecule has 100 valence electrons. The normalized spacial score (nSPS) is 11.8. The van der Waals surface area contributed by atoms with Gasteiger partial charge in [-0.2, -0.15) is 0 Å². The van der Waals surface area contributed by atoms with Crippen molar-refractivity contribution in [2.45, 2.75) is 20.4 Å². The van der Waals surface area contributed by atoms with Crippen molar-refractivity contribution in [3.8, 4) is 0 Å². The SMILES string of the molecule is CC(C)CNC(=NCc1cc(F)ccc1F)NN. The van der Waals surface area contributed by atoms with E-state index in [1.807, 2.05) is 13.8 Å². The Kier molecular flexibility index (Phi) is 5.51. The van der Waals surface area contributed by atoms with Gasteiger partial charge in [0.2, 0.25) is 5.96 Å². The lowest BCUT2D eigenvalue weighted by atomic mass is 10.2. The third kappa shape index (κ3) is 4.67. The second-order valence-electron chi connectivity index (χ2n) is 4.32. The highest BCUT2D eigenvalue weighted by Crippen LogP contribution is 2.10. The van der Waals surface area contributed by atoms with Crippen LogP contribution >= 0.6 is 0 Å². The van der Waals surface area contributed by atoms with Crippen LogP contribution in [0.3, 0.4) is 0 Å². The summed E-state index contributed by atoms with van der Waals surface area (Å²) in [6.07, 6.45) is 0. The Balaban J connectivity index is 2.67. The third-order valence-corrected chi connectivity index (χ3v) is 2.23. The molecule has 1 aromatic carbocycles. The minimum atomic E-state index is -0.487. The first kappa shape index (κ1) is 14.4. The number of nitrogens with one attached hydrogen (secondary N) is 2. The zero-order valence-electron chi connectivity index (χ0n) is 10.5. The van der Waals surface area contributed by atoms with E-state index in [9.17, 15) is 8.78 Å². The largest absolute Gasteiger partial charge is 0.355 e. The van der Waals surface area contributed by atoms with Crippen LogP contribution in [0.2, 0.25) is 0 Å². The molecule has 0 fully saturated rings. The molecule has 1 rings (SSSR count). The molecule has 6 heteroatoms. The van der Waals surface area contributed by atoms with Gasteiger partial charge in [-0.05, 0) is 24.1 Å². The van der Waals surface area contributed by atoms with Gasteiger partial charge in [-0.3, -0.25) is 5.43 Å². The molecule has 0 amide bonds. The van der Waals surface area contributed by atoms with Crippen molar-refractivity contribution >= 4 is 5.96 Å². The second kappa shape index (κ2) is 6.90. The summed E-state index contributed by atoms with van der Waals surface area (Å²) in [6.45, 7) is 4.78. The molecular weight excluding hydrogens is 238 g/mol. The summed E-state index contributed by atoms with van der Waals surface area (Å²) in [4.78, 5) is 4.05. The van der Waals surface area contributed by atoms with E-state index in [4.69, 9.17) is 5.84 Å². The number of aliphatic imine (C=N–C) groups is 1. The van der Waals surface area contributed by atoms with E-state index in [0.29, 0.717) is 18.4 Å². The number of nitrogens with zero attached hydrogens (tertiary/aromatic N) is 1. The van der Waals surface area contributed by atoms with Crippen molar-refractivity contribution in [3.63, 3.8) is 0 Å². The molecule has 0 bridgehead atoms. The summed E-state index contributed by atoms with van der Waals surface area (Å²) in [5.74, 6) is 5.09. The van der Waals surface area contributed by atoms with Crippen LogP contribution in [0, 0.1) is 17.6 Å². The van der Waals surface area contributed by atoms with Crippen LogP contribution in [0.15, 0.2) is 23.2 Å². The van der Waals surface area contributed by atoms with Crippen molar-refractivity contribution in [2.75, 3.05) is 6.54 Å². The molecule has 0 aliphatic heterocycles. The topological polar surface area (TPSA) is 62.4 Å². The van der Waals surface area contributed by atoms with Gasteiger partial charge in [0.25, 0.3) is 0 Å². The maximum Gasteiger partial charge on any atom is 0.206 e. The van der Waals surface area contributed by atoms with Gasteiger partial charge in [-0.15, -0.1) is 0 Å². The molecule has 0 saturated carbocycles. The van der Waals surface area contributed by atoms with E-state index in [1.54, 1.807) is 0 Å². The van der Waals surface area contributed by atoms with Crippen molar-refractivity contribution in [1.82, 2.24) is 10.7 Å². The average molecular weight is 256 g/mol. The summed E-state index contributed by atoms with van der Waals surface area (Å²) in [5.41, 5.74) is 2.57. The Bertz CT molecular complexity index is 419. The lowest BCUT2D eigenvalue weighted by Crippen LogP contribution is -2.43. The minimum absolute atomic E-state index is 0.0220. The average Bonchev–Trinajstić information content (AvgIpc) is 2.33. The summed E-state index contributed by atoms with van der Waals surface area (Å²) in [5, 5.41) is 2.97. The monoisotopic (exact) mass is 256 g/mol. The van der Waals surface area contributed by atoms with Crippen LogP contribution in [0.1, 0.15) is 19.4 Å². The molecule has 0 unspecified atom stereocenters. The molecule has 0 aliphatic carbocycles. The standard InChI is InChI=1S/C12H18F2N4/c1-8(2)6-16-12(18-15)17-7-9-5-10(13)3-4-11(9)14/h3-5,8H,6-7,15H2,1-2H3,(H2,16,17,18). The van der Waals surface area contributed by atoms with Crippen LogP contribution in [0.25, 0.3) is 0 Å². The summed E-state index contributed by atoms with van der Waals surface area (Å²) in [6, 6.07) is 3.27. The Morgan fingerprint density at radius 2 is 2.11 bits per heavy atom. The second-order valence-corrected chi connectivity index (χ2v) is 4.32. The zero-order chi connectivity index (χ0) is 13.5. The van der Waals surface area contributed by atoms with Crippen LogP contribution in [-0.2, 0) is 6.54 Å². The van der Waals surface area contributed by atoms with Crippen molar-refractivity contribution < 1.29 is 8.78 Å². The maximum absolute atomic E-state index is 13.3. The molecule has 1 aromatic rings. The zero-order valence-corrected chi connectivity index (χ0v) is 10.5. The number of hydrogen-bond acceptors (Lipinski definition) is 2. The fraction of sp³-hybridized carbons (Fsp3) is 0.417. The molecule has 0 spiro atoms. The number of halogens is 2. The molecule has 18 heavy (non-hydrogen) atoms. The van der Waals surface area contributed by atoms with Crippen LogP contribution in [0.4, 0.5) is 8.78 Å². The molecule has 4 N–H and O–H groups in total. The molecule has 0 aliphatic rings. The van der Waals surface area contributed by atoms with E-state index in [1.165, 1.54) is 0 Å². The Morgan fingerprint density at radius 1 is 1.39 bits per heavy atom. The van der Waals surface area contributed by atoms with Gasteiger partial charge < -0.3 is 5.32 Å². The fourth-order valence-electron chi connectivity index (χ4n) is 1.28. The highest BCUT2D eigenvalue weighted by Gasteiger charge is 2.04. The van der Waals surface area contributed by atoms with E-state index in [-0.39, 0.29) is 12.1 Å². The molecule has 4 nitrogen and oxygen atoms in total. The first-order valence-electron chi connectivity index (χ1n) is 5.71. The highest BCUT2D eigenvalue weighted by atomic mass is 19.1. The first-order chi connectivity index (χ1) is 8.52. The number of rotatable bonds is 4. The van der Waals surface area contributed by atoms with Crippen molar-refractivity contribution in [2.24, 2.45) is 16.8 Å². The molecule has 0 atom stereocenters. The summed E-state index contributed by atoms with van der Waals surface area (Å²) in [7, 11) is 0. The van der Waals surface area contributed by atoms with Gasteiger partial charge in [0.05, 0.1) is 6.54 Å². The lowest BCUT2D eigenvalue weighted by molar-refractivity contribution is 0.584. The number of nitrogens with two attached hydrogens (primary N) is 1. The van der Waals surface area contributed by atoms with Gasteiger partial charge >= 0.3 is 0 Å². The van der Waals surface area contributed by atoms with Gasteiger partial charge in [-0.1, -0.05) is 13.8 Å². The molecule has 0 radical (unpaired) electrons. The highest BCUT2D eigenvalue weighted by molar-refractivity contribution is 5.79. The van der Waals surface area contributed by atoms with Gasteiger partial charge in [0, 0.05) is 12.1 Å². The molecule has 0 heterocycles. The predicted octanol–water partition coefficient (Wildman–Crippen LogP) is 1.53. The molecule has 0 aromatic heterocycles. The van der Waals surface area contributed by atoms with Crippen molar-refractivity contribution in [1.29, 1.82) is 0 Å². The Morgan fingerprint density at radius 3 is 2.72 bits per heavy atom. The van der Waals surface area contributed by atoms with E-state index in [0.717, 1.165) is 18.2 Å². The van der Waals surface area contributed by atoms with E-state index < -0.39 is 11.6 Å². The predicted molar refractivity (Wildman–Crippen MR) is 67.7 cm³/mol. The molecular formula is C12H18F2N4. The molecule has 0 saturated heterocycles. The Hall–Kier alpha value is -1.69. The number of hydrazine groups is 1. The number of benzene rings is 1. The minimum Gasteiger partial charge on any atom is -0.355 e. The quantitative estimate of drug-likeness (QED) is 0.331. The number of guanidine groups is 1. The van der Waals surface area contributed by atoms with E-state index >= 15 is 0 Å².